The van der Waals surface area contributed by atoms with Gasteiger partial charge in [0.1, 0.15) is 5.60 Å². The number of carbonyl (C=O) groups excluding carboxylic acids is 1. The minimum Gasteiger partial charge on any atom is -0.444 e. The van der Waals surface area contributed by atoms with Crippen molar-refractivity contribution >= 4 is 14.4 Å². The summed E-state index contributed by atoms with van der Waals surface area (Å²) in [7, 11) is -2.40. The van der Waals surface area contributed by atoms with Crippen molar-refractivity contribution in [2.75, 3.05) is 0 Å². The van der Waals surface area contributed by atoms with E-state index in [9.17, 15) is 18.0 Å². The summed E-state index contributed by atoms with van der Waals surface area (Å²) in [5.41, 5.74) is -2.80. The van der Waals surface area contributed by atoms with E-state index in [0.717, 1.165) is 0 Å². The minimum atomic E-state index is -4.44. The Morgan fingerprint density at radius 2 is 1.54 bits per heavy atom. The minimum absolute atomic E-state index is 0.198. The van der Waals surface area contributed by atoms with Crippen molar-refractivity contribution in [2.24, 2.45) is 0 Å². The van der Waals surface area contributed by atoms with Crippen LogP contribution in [0.15, 0.2) is 0 Å². The maximum absolute atomic E-state index is 13.9. The quantitative estimate of drug-likeness (QED) is 0.664. The number of carbonyl (C=O) groups is 1. The molecular formula is C16H28F3NO3Si. The van der Waals surface area contributed by atoms with Crippen molar-refractivity contribution < 1.29 is 27.1 Å². The molecule has 0 N–H and O–H groups in total. The van der Waals surface area contributed by atoms with E-state index in [4.69, 9.17) is 9.16 Å². The van der Waals surface area contributed by atoms with Crippen LogP contribution in [-0.4, -0.2) is 48.8 Å². The summed E-state index contributed by atoms with van der Waals surface area (Å²) in [5, 5.41) is 0. The van der Waals surface area contributed by atoms with E-state index < -0.39 is 43.9 Å². The normalized spacial score (nSPS) is 31.3. The van der Waals surface area contributed by atoms with Crippen LogP contribution in [0.4, 0.5) is 18.0 Å². The maximum Gasteiger partial charge on any atom is 0.416 e. The van der Waals surface area contributed by atoms with Gasteiger partial charge >= 0.3 is 12.3 Å². The third-order valence-electron chi connectivity index (χ3n) is 4.37. The number of halogens is 3. The van der Waals surface area contributed by atoms with Crippen LogP contribution < -0.4 is 0 Å². The van der Waals surface area contributed by atoms with Gasteiger partial charge in [-0.3, -0.25) is 0 Å². The molecule has 2 aliphatic heterocycles. The predicted octanol–water partition coefficient (Wildman–Crippen LogP) is 4.70. The summed E-state index contributed by atoms with van der Waals surface area (Å²) in [6, 6.07) is -0.951. The Bertz CT molecular complexity index is 482. The van der Waals surface area contributed by atoms with Gasteiger partial charge < -0.3 is 14.1 Å². The van der Waals surface area contributed by atoms with Crippen LogP contribution in [0.2, 0.25) is 19.6 Å². The number of hydrogen-bond donors (Lipinski definition) is 0. The molecule has 2 rings (SSSR count). The molecule has 4 nitrogen and oxygen atoms in total. The molecule has 2 saturated heterocycles. The van der Waals surface area contributed by atoms with Crippen molar-refractivity contribution in [3.05, 3.63) is 0 Å². The van der Waals surface area contributed by atoms with E-state index in [1.807, 2.05) is 0 Å². The average Bonchev–Trinajstić information content (AvgIpc) is 2.56. The Balaban J connectivity index is 2.25. The zero-order valence-electron chi connectivity index (χ0n) is 15.3. The van der Waals surface area contributed by atoms with Gasteiger partial charge in [0.2, 0.25) is 0 Å². The highest BCUT2D eigenvalue weighted by Gasteiger charge is 2.64. The fourth-order valence-electron chi connectivity index (χ4n) is 3.78. The molecule has 2 fully saturated rings. The van der Waals surface area contributed by atoms with Gasteiger partial charge in [-0.25, -0.2) is 4.79 Å². The van der Waals surface area contributed by atoms with Crippen LogP contribution >= 0.6 is 0 Å². The first kappa shape index (κ1) is 19.6. The molecule has 2 atom stereocenters. The predicted molar refractivity (Wildman–Crippen MR) is 87.3 cm³/mol. The van der Waals surface area contributed by atoms with E-state index in [0.29, 0.717) is 12.8 Å². The highest BCUT2D eigenvalue weighted by atomic mass is 28.4. The van der Waals surface area contributed by atoms with E-state index in [-0.39, 0.29) is 12.8 Å². The molecule has 2 bridgehead atoms. The summed E-state index contributed by atoms with van der Waals surface area (Å²) in [4.78, 5) is 13.9. The Kier molecular flexibility index (Phi) is 4.81. The molecule has 24 heavy (non-hydrogen) atoms. The van der Waals surface area contributed by atoms with Gasteiger partial charge in [-0.15, -0.1) is 0 Å². The molecule has 0 spiro atoms. The first-order valence-electron chi connectivity index (χ1n) is 8.42. The Hall–Kier alpha value is -0.763. The van der Waals surface area contributed by atoms with E-state index in [1.165, 1.54) is 4.90 Å². The molecule has 0 saturated carbocycles. The molecule has 2 aliphatic rings. The SMILES string of the molecule is CC(C)(C)OC(=O)N1C2CCC1CC(O[Si](C)(C)C)(C(F)(F)F)C2. The number of amides is 1. The topological polar surface area (TPSA) is 38.8 Å². The second-order valence-corrected chi connectivity index (χ2v) is 13.3. The lowest BCUT2D eigenvalue weighted by molar-refractivity contribution is -0.269. The maximum atomic E-state index is 13.9. The highest BCUT2D eigenvalue weighted by molar-refractivity contribution is 6.69. The van der Waals surface area contributed by atoms with Gasteiger partial charge in [0.25, 0.3) is 0 Å². The molecule has 2 heterocycles. The smallest absolute Gasteiger partial charge is 0.416 e. The van der Waals surface area contributed by atoms with Crippen molar-refractivity contribution in [1.82, 2.24) is 4.90 Å². The third kappa shape index (κ3) is 4.07. The zero-order chi connectivity index (χ0) is 18.6. The van der Waals surface area contributed by atoms with Crippen molar-refractivity contribution in [3.8, 4) is 0 Å². The molecular weight excluding hydrogens is 339 g/mol. The van der Waals surface area contributed by atoms with Crippen LogP contribution in [0, 0.1) is 0 Å². The summed E-state index contributed by atoms with van der Waals surface area (Å²) in [6.07, 6.45) is -4.21. The zero-order valence-corrected chi connectivity index (χ0v) is 16.3. The lowest BCUT2D eigenvalue weighted by Crippen LogP contribution is -2.63. The second kappa shape index (κ2) is 5.90. The molecule has 0 aromatic carbocycles. The number of rotatable bonds is 2. The molecule has 2 unspecified atom stereocenters. The fraction of sp³-hybridized carbons (Fsp3) is 0.938. The number of fused-ring (bicyclic) bond motifs is 2. The highest BCUT2D eigenvalue weighted by Crippen LogP contribution is 2.51. The number of alkyl halides is 3. The van der Waals surface area contributed by atoms with E-state index >= 15 is 0 Å². The van der Waals surface area contributed by atoms with Crippen LogP contribution in [0.25, 0.3) is 0 Å². The third-order valence-corrected chi connectivity index (χ3v) is 5.38. The largest absolute Gasteiger partial charge is 0.444 e. The molecule has 140 valence electrons. The van der Waals surface area contributed by atoms with Gasteiger partial charge in [-0.2, -0.15) is 13.2 Å². The Morgan fingerprint density at radius 1 is 1.08 bits per heavy atom. The monoisotopic (exact) mass is 367 g/mol. The van der Waals surface area contributed by atoms with Crippen LogP contribution in [-0.2, 0) is 9.16 Å². The average molecular weight is 367 g/mol. The van der Waals surface area contributed by atoms with Crippen molar-refractivity contribution in [3.63, 3.8) is 0 Å². The molecule has 0 aliphatic carbocycles. The Labute approximate surface area is 142 Å². The fourth-order valence-corrected chi connectivity index (χ4v) is 5.23. The molecule has 1 amide bonds. The van der Waals surface area contributed by atoms with Crippen LogP contribution in [0.1, 0.15) is 46.5 Å². The van der Waals surface area contributed by atoms with Crippen LogP contribution in [0.5, 0.6) is 0 Å². The number of nitrogens with zero attached hydrogens (tertiary/aromatic N) is 1. The second-order valence-electron chi connectivity index (χ2n) is 8.89. The van der Waals surface area contributed by atoms with Gasteiger partial charge in [-0.1, -0.05) is 0 Å². The standard InChI is InChI=1S/C16H28F3NO3Si/c1-14(2,3)22-13(21)20-11-7-8-12(20)10-15(9-11,16(17,18)19)23-24(4,5)6/h11-12H,7-10H2,1-6H3. The number of hydrogen-bond acceptors (Lipinski definition) is 3. The van der Waals surface area contributed by atoms with Gasteiger partial charge in [-0.05, 0) is 53.3 Å². The molecule has 0 radical (unpaired) electrons. The lowest BCUT2D eigenvalue weighted by atomic mass is 9.85. The molecule has 8 heteroatoms. The first-order valence-corrected chi connectivity index (χ1v) is 11.8. The summed E-state index contributed by atoms with van der Waals surface area (Å²) in [6.45, 7) is 10.6. The molecule has 0 aromatic heterocycles. The van der Waals surface area contributed by atoms with Gasteiger partial charge in [0.05, 0.1) is 0 Å². The first-order chi connectivity index (χ1) is 10.6. The van der Waals surface area contributed by atoms with Crippen molar-refractivity contribution in [2.45, 2.75) is 95.6 Å². The molecule has 0 aromatic rings. The number of piperidine rings is 1. The summed E-state index contributed by atoms with van der Waals surface area (Å²) >= 11 is 0. The lowest BCUT2D eigenvalue weighted by Gasteiger charge is -2.49. The van der Waals surface area contributed by atoms with E-state index in [2.05, 4.69) is 0 Å². The van der Waals surface area contributed by atoms with Gasteiger partial charge in [0.15, 0.2) is 13.9 Å². The summed E-state index contributed by atoms with van der Waals surface area (Å²) in [5.74, 6) is 0. The number of ether oxygens (including phenoxy) is 1. The van der Waals surface area contributed by atoms with Gasteiger partial charge in [0, 0.05) is 24.9 Å². The van der Waals surface area contributed by atoms with Crippen LogP contribution in [0.3, 0.4) is 0 Å². The summed E-state index contributed by atoms with van der Waals surface area (Å²) < 4.78 is 52.7. The van der Waals surface area contributed by atoms with Crippen molar-refractivity contribution in [1.29, 1.82) is 0 Å². The Morgan fingerprint density at radius 3 is 1.88 bits per heavy atom. The van der Waals surface area contributed by atoms with E-state index in [1.54, 1.807) is 40.4 Å².